The summed E-state index contributed by atoms with van der Waals surface area (Å²) in [6.07, 6.45) is 0. The second-order valence-corrected chi connectivity index (χ2v) is 5.32. The van der Waals surface area contributed by atoms with Gasteiger partial charge in [-0.3, -0.25) is 4.79 Å². The number of carbonyl (C=O) groups is 1. The fourth-order valence-electron chi connectivity index (χ4n) is 2.04. The number of rotatable bonds is 3. The maximum absolute atomic E-state index is 13.8. The van der Waals surface area contributed by atoms with Gasteiger partial charge in [-0.2, -0.15) is 0 Å². The van der Waals surface area contributed by atoms with Gasteiger partial charge in [-0.15, -0.1) is 0 Å². The monoisotopic (exact) mass is 306 g/mol. The number of nitrogens with zero attached hydrogens (tertiary/aromatic N) is 1. The summed E-state index contributed by atoms with van der Waals surface area (Å²) in [6, 6.07) is 11.1. The largest absolute Gasteiger partial charge is 0.399 e. The molecule has 110 valence electrons. The number of nitrogen functional groups attached to an aromatic ring is 1. The Labute approximate surface area is 128 Å². The van der Waals surface area contributed by atoms with Gasteiger partial charge in [0.25, 0.3) is 5.91 Å². The average molecular weight is 307 g/mol. The predicted octanol–water partition coefficient (Wildman–Crippen LogP) is 3.89. The van der Waals surface area contributed by atoms with Crippen LogP contribution in [0.1, 0.15) is 28.9 Å². The molecule has 21 heavy (non-hydrogen) atoms. The molecule has 0 aliphatic heterocycles. The summed E-state index contributed by atoms with van der Waals surface area (Å²) >= 11 is 5.85. The van der Waals surface area contributed by atoms with Crippen molar-refractivity contribution in [3.8, 4) is 0 Å². The number of hydrogen-bond acceptors (Lipinski definition) is 2. The summed E-state index contributed by atoms with van der Waals surface area (Å²) in [5, 5.41) is 0.629. The van der Waals surface area contributed by atoms with E-state index in [-0.39, 0.29) is 17.3 Å². The number of nitrogens with two attached hydrogens (primary N) is 1. The lowest BCUT2D eigenvalue weighted by atomic mass is 10.1. The summed E-state index contributed by atoms with van der Waals surface area (Å²) in [4.78, 5) is 13.9. The first-order valence-corrected chi connectivity index (χ1v) is 6.85. The molecule has 2 aromatic rings. The highest BCUT2D eigenvalue weighted by Gasteiger charge is 2.21. The van der Waals surface area contributed by atoms with E-state index in [1.54, 1.807) is 19.2 Å². The van der Waals surface area contributed by atoms with Crippen molar-refractivity contribution >= 4 is 23.2 Å². The third-order valence-electron chi connectivity index (χ3n) is 3.48. The third-order valence-corrected chi connectivity index (χ3v) is 3.73. The van der Waals surface area contributed by atoms with Crippen LogP contribution in [0.4, 0.5) is 10.1 Å². The van der Waals surface area contributed by atoms with Crippen molar-refractivity contribution in [2.75, 3.05) is 12.8 Å². The van der Waals surface area contributed by atoms with Crippen molar-refractivity contribution in [1.82, 2.24) is 4.90 Å². The molecule has 0 heterocycles. The molecule has 1 amide bonds. The smallest absolute Gasteiger partial charge is 0.257 e. The molecule has 0 aliphatic carbocycles. The molecule has 2 aromatic carbocycles. The molecule has 0 saturated heterocycles. The van der Waals surface area contributed by atoms with E-state index in [9.17, 15) is 9.18 Å². The molecule has 0 aliphatic rings. The van der Waals surface area contributed by atoms with Gasteiger partial charge in [-0.25, -0.2) is 4.39 Å². The molecule has 0 spiro atoms. The standard InChI is InChI=1S/C16H16ClFN2O/c1-10(11-3-5-12(17)6-4-11)20(2)16(21)14-8-7-13(19)9-15(14)18/h3-10H,19H2,1-2H3. The molecule has 1 atom stereocenters. The average Bonchev–Trinajstić information content (AvgIpc) is 2.46. The molecule has 1 unspecified atom stereocenters. The van der Waals surface area contributed by atoms with Crippen LogP contribution in [0.3, 0.4) is 0 Å². The summed E-state index contributed by atoms with van der Waals surface area (Å²) in [6.45, 7) is 1.87. The van der Waals surface area contributed by atoms with Gasteiger partial charge in [0, 0.05) is 17.8 Å². The number of anilines is 1. The number of halogens is 2. The Kier molecular flexibility index (Phi) is 4.48. The first kappa shape index (κ1) is 15.3. The Morgan fingerprint density at radius 1 is 1.24 bits per heavy atom. The maximum atomic E-state index is 13.8. The highest BCUT2D eigenvalue weighted by molar-refractivity contribution is 6.30. The second kappa shape index (κ2) is 6.14. The molecule has 2 N–H and O–H groups in total. The topological polar surface area (TPSA) is 46.3 Å². The van der Waals surface area contributed by atoms with Crippen LogP contribution in [0, 0.1) is 5.82 Å². The van der Waals surface area contributed by atoms with E-state index in [2.05, 4.69) is 0 Å². The molecule has 2 rings (SSSR count). The quantitative estimate of drug-likeness (QED) is 0.874. The van der Waals surface area contributed by atoms with E-state index in [4.69, 9.17) is 17.3 Å². The highest BCUT2D eigenvalue weighted by Crippen LogP contribution is 2.23. The number of carbonyl (C=O) groups excluding carboxylic acids is 1. The first-order chi connectivity index (χ1) is 9.90. The van der Waals surface area contributed by atoms with E-state index in [0.29, 0.717) is 5.02 Å². The van der Waals surface area contributed by atoms with Gasteiger partial charge >= 0.3 is 0 Å². The highest BCUT2D eigenvalue weighted by atomic mass is 35.5. The molecule has 0 radical (unpaired) electrons. The molecule has 3 nitrogen and oxygen atoms in total. The fraction of sp³-hybridized carbons (Fsp3) is 0.188. The van der Waals surface area contributed by atoms with Gasteiger partial charge in [0.15, 0.2) is 0 Å². The lowest BCUT2D eigenvalue weighted by Crippen LogP contribution is -2.30. The van der Waals surface area contributed by atoms with Crippen LogP contribution < -0.4 is 5.73 Å². The molecule has 0 saturated carbocycles. The van der Waals surface area contributed by atoms with Crippen molar-refractivity contribution in [2.24, 2.45) is 0 Å². The lowest BCUT2D eigenvalue weighted by molar-refractivity contribution is 0.0738. The minimum atomic E-state index is -0.616. The molecule has 0 fully saturated rings. The first-order valence-electron chi connectivity index (χ1n) is 6.48. The maximum Gasteiger partial charge on any atom is 0.257 e. The Hall–Kier alpha value is -2.07. The van der Waals surface area contributed by atoms with Gasteiger partial charge in [0.05, 0.1) is 11.6 Å². The van der Waals surface area contributed by atoms with Crippen molar-refractivity contribution in [3.05, 3.63) is 64.4 Å². The van der Waals surface area contributed by atoms with E-state index in [0.717, 1.165) is 11.6 Å². The van der Waals surface area contributed by atoms with Gasteiger partial charge in [0.2, 0.25) is 0 Å². The van der Waals surface area contributed by atoms with Crippen molar-refractivity contribution < 1.29 is 9.18 Å². The second-order valence-electron chi connectivity index (χ2n) is 4.88. The predicted molar refractivity (Wildman–Crippen MR) is 82.8 cm³/mol. The Morgan fingerprint density at radius 3 is 2.43 bits per heavy atom. The minimum Gasteiger partial charge on any atom is -0.399 e. The zero-order valence-electron chi connectivity index (χ0n) is 11.8. The molecular formula is C16H16ClFN2O. The van der Waals surface area contributed by atoms with Crippen molar-refractivity contribution in [2.45, 2.75) is 13.0 Å². The molecule has 0 bridgehead atoms. The van der Waals surface area contributed by atoms with Crippen LogP contribution in [0.2, 0.25) is 5.02 Å². The van der Waals surface area contributed by atoms with Gasteiger partial charge in [-0.1, -0.05) is 23.7 Å². The van der Waals surface area contributed by atoms with Crippen molar-refractivity contribution in [3.63, 3.8) is 0 Å². The molecule has 5 heteroatoms. The fourth-order valence-corrected chi connectivity index (χ4v) is 2.16. The van der Waals surface area contributed by atoms with E-state index < -0.39 is 11.7 Å². The van der Waals surface area contributed by atoms with Crippen LogP contribution in [0.5, 0.6) is 0 Å². The number of benzene rings is 2. The summed E-state index contributed by atoms with van der Waals surface area (Å²) in [5.74, 6) is -1.01. The van der Waals surface area contributed by atoms with E-state index in [1.165, 1.54) is 17.0 Å². The summed E-state index contributed by atoms with van der Waals surface area (Å²) in [5.41, 5.74) is 6.71. The van der Waals surface area contributed by atoms with Gasteiger partial charge in [-0.05, 0) is 42.8 Å². The zero-order chi connectivity index (χ0) is 15.6. The number of hydrogen-bond donors (Lipinski definition) is 1. The van der Waals surface area contributed by atoms with Crippen LogP contribution in [-0.2, 0) is 0 Å². The van der Waals surface area contributed by atoms with E-state index >= 15 is 0 Å². The van der Waals surface area contributed by atoms with Crippen molar-refractivity contribution in [1.29, 1.82) is 0 Å². The Morgan fingerprint density at radius 2 is 1.86 bits per heavy atom. The third kappa shape index (κ3) is 3.34. The Bertz CT molecular complexity index is 658. The van der Waals surface area contributed by atoms with Gasteiger partial charge < -0.3 is 10.6 Å². The van der Waals surface area contributed by atoms with Crippen LogP contribution in [0.15, 0.2) is 42.5 Å². The minimum absolute atomic E-state index is 0.00696. The molecule has 0 aromatic heterocycles. The summed E-state index contributed by atoms with van der Waals surface area (Å²) < 4.78 is 13.8. The summed E-state index contributed by atoms with van der Waals surface area (Å²) in [7, 11) is 1.64. The normalized spacial score (nSPS) is 12.0. The van der Waals surface area contributed by atoms with Gasteiger partial charge in [0.1, 0.15) is 5.82 Å². The SMILES string of the molecule is CC(c1ccc(Cl)cc1)N(C)C(=O)c1ccc(N)cc1F. The lowest BCUT2D eigenvalue weighted by Gasteiger charge is -2.25. The zero-order valence-corrected chi connectivity index (χ0v) is 12.6. The van der Waals surface area contributed by atoms with E-state index in [1.807, 2.05) is 19.1 Å². The Balaban J connectivity index is 2.24. The van der Waals surface area contributed by atoms with Crippen LogP contribution in [-0.4, -0.2) is 17.9 Å². The number of amides is 1. The van der Waals surface area contributed by atoms with Crippen LogP contribution >= 0.6 is 11.6 Å². The molecular weight excluding hydrogens is 291 g/mol. The van der Waals surface area contributed by atoms with Crippen LogP contribution in [0.25, 0.3) is 0 Å².